The van der Waals surface area contributed by atoms with E-state index in [0.717, 1.165) is 10.5 Å². The van der Waals surface area contributed by atoms with Crippen LogP contribution in [0, 0.1) is 6.92 Å². The van der Waals surface area contributed by atoms with E-state index >= 15 is 0 Å². The Balaban J connectivity index is 2.27. The average molecular weight is 274 g/mol. The molecule has 0 saturated carbocycles. The molecule has 4 heteroatoms. The zero-order valence-electron chi connectivity index (χ0n) is 10.5. The SMILES string of the molecule is Cc1cccc(S(=O)Cc2ccccc2C(=O)O)c1. The van der Waals surface area contributed by atoms with Gasteiger partial charge in [0.05, 0.1) is 22.1 Å². The normalized spacial score (nSPS) is 12.1. The highest BCUT2D eigenvalue weighted by Gasteiger charge is 2.12. The molecule has 19 heavy (non-hydrogen) atoms. The molecule has 0 heterocycles. The summed E-state index contributed by atoms with van der Waals surface area (Å²) >= 11 is 0. The fourth-order valence-corrected chi connectivity index (χ4v) is 3.08. The molecule has 0 spiro atoms. The number of carboxylic acids is 1. The van der Waals surface area contributed by atoms with E-state index in [0.29, 0.717) is 5.56 Å². The first-order valence-corrected chi connectivity index (χ1v) is 7.16. The van der Waals surface area contributed by atoms with Gasteiger partial charge < -0.3 is 5.11 Å². The Morgan fingerprint density at radius 1 is 1.16 bits per heavy atom. The predicted molar refractivity (Wildman–Crippen MR) is 74.7 cm³/mol. The van der Waals surface area contributed by atoms with E-state index in [4.69, 9.17) is 5.11 Å². The first-order valence-electron chi connectivity index (χ1n) is 5.84. The van der Waals surface area contributed by atoms with E-state index in [1.807, 2.05) is 25.1 Å². The van der Waals surface area contributed by atoms with Crippen LogP contribution in [0.15, 0.2) is 53.4 Å². The van der Waals surface area contributed by atoms with Gasteiger partial charge in [-0.25, -0.2) is 4.79 Å². The first-order chi connectivity index (χ1) is 9.08. The average Bonchev–Trinajstić information content (AvgIpc) is 2.39. The first kappa shape index (κ1) is 13.5. The van der Waals surface area contributed by atoms with Crippen molar-refractivity contribution in [3.05, 3.63) is 65.2 Å². The number of benzene rings is 2. The molecule has 1 atom stereocenters. The van der Waals surface area contributed by atoms with E-state index in [1.54, 1.807) is 24.3 Å². The van der Waals surface area contributed by atoms with Gasteiger partial charge in [-0.2, -0.15) is 0 Å². The highest BCUT2D eigenvalue weighted by Crippen LogP contribution is 2.16. The van der Waals surface area contributed by atoms with Crippen molar-refractivity contribution in [2.24, 2.45) is 0 Å². The van der Waals surface area contributed by atoms with Gasteiger partial charge in [0.1, 0.15) is 0 Å². The maximum absolute atomic E-state index is 12.3. The molecule has 0 aliphatic heterocycles. The Bertz CT molecular complexity index is 635. The lowest BCUT2D eigenvalue weighted by Crippen LogP contribution is -2.05. The van der Waals surface area contributed by atoms with E-state index in [-0.39, 0.29) is 11.3 Å². The molecular formula is C15H14O3S. The van der Waals surface area contributed by atoms with E-state index in [9.17, 15) is 9.00 Å². The van der Waals surface area contributed by atoms with Crippen LogP contribution in [0.2, 0.25) is 0 Å². The van der Waals surface area contributed by atoms with Crippen LogP contribution in [0.1, 0.15) is 21.5 Å². The molecule has 2 aromatic rings. The number of hydrogen-bond acceptors (Lipinski definition) is 2. The van der Waals surface area contributed by atoms with Crippen molar-refractivity contribution in [2.75, 3.05) is 0 Å². The van der Waals surface area contributed by atoms with Gasteiger partial charge in [-0.1, -0.05) is 30.3 Å². The largest absolute Gasteiger partial charge is 0.478 e. The van der Waals surface area contributed by atoms with Crippen LogP contribution in [-0.2, 0) is 16.6 Å². The lowest BCUT2D eigenvalue weighted by Gasteiger charge is -2.06. The second-order valence-electron chi connectivity index (χ2n) is 4.27. The number of aryl methyl sites for hydroxylation is 1. The molecule has 98 valence electrons. The number of hydrogen-bond donors (Lipinski definition) is 1. The summed E-state index contributed by atoms with van der Waals surface area (Å²) in [5.74, 6) is -0.775. The van der Waals surface area contributed by atoms with Crippen molar-refractivity contribution in [1.82, 2.24) is 0 Å². The highest BCUT2D eigenvalue weighted by molar-refractivity contribution is 7.84. The molecule has 0 aliphatic rings. The number of carboxylic acid groups (broad SMARTS) is 1. The number of carbonyl (C=O) groups is 1. The van der Waals surface area contributed by atoms with Gasteiger partial charge >= 0.3 is 5.97 Å². The topological polar surface area (TPSA) is 54.4 Å². The van der Waals surface area contributed by atoms with Crippen LogP contribution >= 0.6 is 0 Å². The minimum Gasteiger partial charge on any atom is -0.478 e. The molecule has 0 aliphatic carbocycles. The van der Waals surface area contributed by atoms with Gasteiger partial charge in [0.25, 0.3) is 0 Å². The zero-order chi connectivity index (χ0) is 13.8. The van der Waals surface area contributed by atoms with Crippen molar-refractivity contribution < 1.29 is 14.1 Å². The summed E-state index contributed by atoms with van der Waals surface area (Å²) in [5, 5.41) is 9.09. The summed E-state index contributed by atoms with van der Waals surface area (Å²) in [5.41, 5.74) is 1.84. The van der Waals surface area contributed by atoms with Gasteiger partial charge in [0.15, 0.2) is 0 Å². The predicted octanol–water partition coefficient (Wildman–Crippen LogP) is 3.00. The Morgan fingerprint density at radius 3 is 2.58 bits per heavy atom. The minimum atomic E-state index is -1.23. The van der Waals surface area contributed by atoms with Gasteiger partial charge in [-0.05, 0) is 36.2 Å². The smallest absolute Gasteiger partial charge is 0.335 e. The quantitative estimate of drug-likeness (QED) is 0.932. The van der Waals surface area contributed by atoms with Crippen LogP contribution in [0.4, 0.5) is 0 Å². The van der Waals surface area contributed by atoms with Crippen LogP contribution in [0.25, 0.3) is 0 Å². The third-order valence-electron chi connectivity index (χ3n) is 2.79. The monoisotopic (exact) mass is 274 g/mol. The lowest BCUT2D eigenvalue weighted by molar-refractivity contribution is 0.0696. The van der Waals surface area contributed by atoms with Crippen LogP contribution in [0.5, 0.6) is 0 Å². The van der Waals surface area contributed by atoms with Crippen molar-refractivity contribution in [1.29, 1.82) is 0 Å². The molecule has 0 aromatic heterocycles. The van der Waals surface area contributed by atoms with Gasteiger partial charge in [-0.15, -0.1) is 0 Å². The van der Waals surface area contributed by atoms with Crippen molar-refractivity contribution in [2.45, 2.75) is 17.6 Å². The molecule has 0 bridgehead atoms. The molecule has 0 radical (unpaired) electrons. The maximum Gasteiger partial charge on any atom is 0.335 e. The van der Waals surface area contributed by atoms with Crippen LogP contribution < -0.4 is 0 Å². The molecule has 1 N–H and O–H groups in total. The van der Waals surface area contributed by atoms with Crippen molar-refractivity contribution >= 4 is 16.8 Å². The van der Waals surface area contributed by atoms with Crippen molar-refractivity contribution in [3.8, 4) is 0 Å². The minimum absolute atomic E-state index is 0.212. The second kappa shape index (κ2) is 5.80. The lowest BCUT2D eigenvalue weighted by atomic mass is 10.1. The third kappa shape index (κ3) is 3.29. The van der Waals surface area contributed by atoms with Crippen LogP contribution in [-0.4, -0.2) is 15.3 Å². The Hall–Kier alpha value is -1.94. The standard InChI is InChI=1S/C15H14O3S/c1-11-5-4-7-13(9-11)19(18)10-12-6-2-3-8-14(12)15(16)17/h2-9H,10H2,1H3,(H,16,17). The Kier molecular flexibility index (Phi) is 4.12. The molecule has 3 nitrogen and oxygen atoms in total. The zero-order valence-corrected chi connectivity index (χ0v) is 11.3. The summed E-state index contributed by atoms with van der Waals surface area (Å²) in [6.45, 7) is 1.94. The van der Waals surface area contributed by atoms with E-state index in [1.165, 1.54) is 6.07 Å². The molecule has 2 aromatic carbocycles. The summed E-state index contributed by atoms with van der Waals surface area (Å²) in [6.07, 6.45) is 0. The maximum atomic E-state index is 12.3. The Morgan fingerprint density at radius 2 is 1.89 bits per heavy atom. The van der Waals surface area contributed by atoms with Gasteiger partial charge in [-0.3, -0.25) is 4.21 Å². The van der Waals surface area contributed by atoms with Crippen LogP contribution in [0.3, 0.4) is 0 Å². The van der Waals surface area contributed by atoms with Crippen molar-refractivity contribution in [3.63, 3.8) is 0 Å². The molecule has 1 unspecified atom stereocenters. The molecule has 2 rings (SSSR count). The summed E-state index contributed by atoms with van der Waals surface area (Å²) in [4.78, 5) is 11.8. The second-order valence-corrected chi connectivity index (χ2v) is 5.72. The fraction of sp³-hybridized carbons (Fsp3) is 0.133. The molecular weight excluding hydrogens is 260 g/mol. The number of rotatable bonds is 4. The number of aromatic carboxylic acids is 1. The Labute approximate surface area is 114 Å². The molecule has 0 saturated heterocycles. The van der Waals surface area contributed by atoms with E-state index < -0.39 is 16.8 Å². The third-order valence-corrected chi connectivity index (χ3v) is 4.14. The summed E-state index contributed by atoms with van der Waals surface area (Å²) < 4.78 is 12.3. The summed E-state index contributed by atoms with van der Waals surface area (Å²) in [7, 11) is -1.23. The summed E-state index contributed by atoms with van der Waals surface area (Å²) in [6, 6.07) is 14.1. The van der Waals surface area contributed by atoms with E-state index in [2.05, 4.69) is 0 Å². The molecule has 0 amide bonds. The van der Waals surface area contributed by atoms with Gasteiger partial charge in [0.2, 0.25) is 0 Å². The highest BCUT2D eigenvalue weighted by atomic mass is 32.2. The van der Waals surface area contributed by atoms with Gasteiger partial charge in [0, 0.05) is 4.90 Å². The fourth-order valence-electron chi connectivity index (χ4n) is 1.84. The molecule has 0 fully saturated rings.